The number of hydrogen-bond acceptors (Lipinski definition) is 5. The monoisotopic (exact) mass is 313 g/mol. The van der Waals surface area contributed by atoms with Gasteiger partial charge in [-0.05, 0) is 31.9 Å². The molecule has 0 saturated heterocycles. The van der Waals surface area contributed by atoms with Gasteiger partial charge in [0.15, 0.2) is 10.9 Å². The fourth-order valence-corrected chi connectivity index (χ4v) is 3.87. The van der Waals surface area contributed by atoms with Crippen molar-refractivity contribution in [2.24, 2.45) is 0 Å². The predicted molar refractivity (Wildman–Crippen MR) is 77.4 cm³/mol. The van der Waals surface area contributed by atoms with E-state index in [-0.39, 0.29) is 5.78 Å². The van der Waals surface area contributed by atoms with E-state index in [1.165, 1.54) is 35.9 Å². The Labute approximate surface area is 124 Å². The molecule has 1 fully saturated rings. The first-order chi connectivity index (χ1) is 9.15. The summed E-state index contributed by atoms with van der Waals surface area (Å²) in [4.78, 5) is 12.7. The summed E-state index contributed by atoms with van der Waals surface area (Å²) < 4.78 is 2.78. The molecule has 0 aliphatic heterocycles. The van der Waals surface area contributed by atoms with E-state index in [9.17, 15) is 4.79 Å². The molecule has 1 aliphatic rings. The van der Waals surface area contributed by atoms with Gasteiger partial charge < -0.3 is 4.57 Å². The second kappa shape index (κ2) is 5.26. The number of rotatable bonds is 5. The zero-order valence-electron chi connectivity index (χ0n) is 10.3. The van der Waals surface area contributed by atoms with Crippen molar-refractivity contribution in [2.45, 2.75) is 31.0 Å². The van der Waals surface area contributed by atoms with Crippen molar-refractivity contribution in [1.82, 2.24) is 14.8 Å². The number of aryl methyl sites for hydroxylation is 1. The lowest BCUT2D eigenvalue weighted by Gasteiger charge is -2.05. The van der Waals surface area contributed by atoms with Crippen molar-refractivity contribution in [2.75, 3.05) is 5.75 Å². The molecular weight excluding hydrogens is 302 g/mol. The normalized spacial score (nSPS) is 14.8. The van der Waals surface area contributed by atoms with Gasteiger partial charge in [-0.15, -0.1) is 21.5 Å². The maximum atomic E-state index is 12.0. The largest absolute Gasteiger partial charge is 0.303 e. The van der Waals surface area contributed by atoms with Gasteiger partial charge in [0.05, 0.1) is 15.0 Å². The average Bonchev–Trinajstić information content (AvgIpc) is 3.02. The Morgan fingerprint density at radius 1 is 1.53 bits per heavy atom. The van der Waals surface area contributed by atoms with Crippen molar-refractivity contribution in [3.05, 3.63) is 27.2 Å². The maximum absolute atomic E-state index is 12.0. The van der Waals surface area contributed by atoms with Crippen LogP contribution in [-0.4, -0.2) is 26.3 Å². The maximum Gasteiger partial charge on any atom is 0.191 e. The number of thiophene rings is 1. The van der Waals surface area contributed by atoms with Crippen LogP contribution in [0.25, 0.3) is 0 Å². The van der Waals surface area contributed by atoms with Crippen LogP contribution in [0.2, 0.25) is 4.34 Å². The van der Waals surface area contributed by atoms with E-state index in [2.05, 4.69) is 14.8 Å². The lowest BCUT2D eigenvalue weighted by atomic mass is 10.4. The van der Waals surface area contributed by atoms with Gasteiger partial charge in [0, 0.05) is 6.04 Å². The molecule has 7 heteroatoms. The molecule has 19 heavy (non-hydrogen) atoms. The number of hydrogen-bond donors (Lipinski definition) is 0. The minimum atomic E-state index is 0.0879. The molecular formula is C12H12ClN3OS2. The third-order valence-corrected chi connectivity index (χ3v) is 5.14. The van der Waals surface area contributed by atoms with Gasteiger partial charge in [-0.2, -0.15) is 0 Å². The third-order valence-electron chi connectivity index (χ3n) is 2.93. The molecule has 0 amide bonds. The molecule has 1 aliphatic carbocycles. The Morgan fingerprint density at radius 3 is 2.95 bits per heavy atom. The molecule has 2 aromatic heterocycles. The molecule has 1 saturated carbocycles. The molecule has 0 spiro atoms. The van der Waals surface area contributed by atoms with Gasteiger partial charge in [-0.25, -0.2) is 0 Å². The second-order valence-corrected chi connectivity index (χ2v) is 7.10. The van der Waals surface area contributed by atoms with Crippen molar-refractivity contribution >= 4 is 40.5 Å². The highest BCUT2D eigenvalue weighted by molar-refractivity contribution is 7.99. The van der Waals surface area contributed by atoms with E-state index in [0.717, 1.165) is 11.0 Å². The average molecular weight is 314 g/mol. The highest BCUT2D eigenvalue weighted by Crippen LogP contribution is 2.38. The quantitative estimate of drug-likeness (QED) is 0.625. The van der Waals surface area contributed by atoms with E-state index >= 15 is 0 Å². The minimum absolute atomic E-state index is 0.0879. The van der Waals surface area contributed by atoms with Crippen LogP contribution in [0.1, 0.15) is 34.4 Å². The van der Waals surface area contributed by atoms with Crippen LogP contribution in [0.3, 0.4) is 0 Å². The van der Waals surface area contributed by atoms with Crippen LogP contribution in [0.5, 0.6) is 0 Å². The predicted octanol–water partition coefficient (Wildman–Crippen LogP) is 3.61. The van der Waals surface area contributed by atoms with Crippen LogP contribution in [-0.2, 0) is 0 Å². The Hall–Kier alpha value is -0.850. The number of nitrogens with zero attached hydrogens (tertiary/aromatic N) is 3. The van der Waals surface area contributed by atoms with Gasteiger partial charge in [-0.3, -0.25) is 4.79 Å². The molecule has 0 bridgehead atoms. The molecule has 2 aromatic rings. The van der Waals surface area contributed by atoms with Crippen LogP contribution in [0.4, 0.5) is 0 Å². The number of Topliss-reactive ketones (excluding diaryl/α,β-unsaturated/α-hetero) is 1. The standard InChI is InChI=1S/C12H12ClN3OS2/c1-7-14-15-12(16(7)8-2-3-8)18-6-9(17)10-4-5-11(13)19-10/h4-5,8H,2-3,6H2,1H3. The van der Waals surface area contributed by atoms with Crippen molar-refractivity contribution < 1.29 is 4.79 Å². The zero-order valence-corrected chi connectivity index (χ0v) is 12.7. The summed E-state index contributed by atoms with van der Waals surface area (Å²) in [7, 11) is 0. The van der Waals surface area contributed by atoms with Crippen molar-refractivity contribution in [3.63, 3.8) is 0 Å². The van der Waals surface area contributed by atoms with E-state index in [0.29, 0.717) is 21.0 Å². The lowest BCUT2D eigenvalue weighted by Crippen LogP contribution is -2.03. The SMILES string of the molecule is Cc1nnc(SCC(=O)c2ccc(Cl)s2)n1C1CC1. The molecule has 0 atom stereocenters. The molecule has 2 heterocycles. The molecule has 0 unspecified atom stereocenters. The highest BCUT2D eigenvalue weighted by atomic mass is 35.5. The summed E-state index contributed by atoms with van der Waals surface area (Å²) in [6.07, 6.45) is 2.36. The van der Waals surface area contributed by atoms with Crippen LogP contribution < -0.4 is 0 Å². The minimum Gasteiger partial charge on any atom is -0.303 e. The van der Waals surface area contributed by atoms with Gasteiger partial charge in [0.2, 0.25) is 0 Å². The molecule has 0 N–H and O–H groups in total. The molecule has 0 radical (unpaired) electrons. The Balaban J connectivity index is 1.68. The Bertz CT molecular complexity index is 618. The summed E-state index contributed by atoms with van der Waals surface area (Å²) in [6.45, 7) is 1.95. The van der Waals surface area contributed by atoms with Gasteiger partial charge in [0.1, 0.15) is 5.82 Å². The summed E-state index contributed by atoms with van der Waals surface area (Å²) >= 11 is 8.60. The van der Waals surface area contributed by atoms with E-state index in [1.54, 1.807) is 12.1 Å². The number of ketones is 1. The van der Waals surface area contributed by atoms with E-state index in [1.807, 2.05) is 6.92 Å². The molecule has 3 rings (SSSR count). The number of carbonyl (C=O) groups is 1. The number of aromatic nitrogens is 3. The fraction of sp³-hybridized carbons (Fsp3) is 0.417. The zero-order chi connectivity index (χ0) is 13.4. The van der Waals surface area contributed by atoms with Crippen LogP contribution in [0, 0.1) is 6.92 Å². The number of thioether (sulfide) groups is 1. The smallest absolute Gasteiger partial charge is 0.191 e. The second-order valence-electron chi connectivity index (χ2n) is 4.45. The number of halogens is 1. The first kappa shape index (κ1) is 13.1. The van der Waals surface area contributed by atoms with E-state index in [4.69, 9.17) is 11.6 Å². The van der Waals surface area contributed by atoms with Gasteiger partial charge in [-0.1, -0.05) is 23.4 Å². The number of carbonyl (C=O) groups excluding carboxylic acids is 1. The van der Waals surface area contributed by atoms with E-state index < -0.39 is 0 Å². The molecule has 100 valence electrons. The molecule has 4 nitrogen and oxygen atoms in total. The summed E-state index contributed by atoms with van der Waals surface area (Å²) in [5.74, 6) is 1.39. The Kier molecular flexibility index (Phi) is 3.64. The fourth-order valence-electron chi connectivity index (χ4n) is 1.87. The first-order valence-corrected chi connectivity index (χ1v) is 8.16. The lowest BCUT2D eigenvalue weighted by molar-refractivity contribution is 0.102. The summed E-state index contributed by atoms with van der Waals surface area (Å²) in [5.41, 5.74) is 0. The van der Waals surface area contributed by atoms with Gasteiger partial charge in [0.25, 0.3) is 0 Å². The summed E-state index contributed by atoms with van der Waals surface area (Å²) in [5, 5.41) is 9.09. The Morgan fingerprint density at radius 2 is 2.32 bits per heavy atom. The highest BCUT2D eigenvalue weighted by Gasteiger charge is 2.28. The topological polar surface area (TPSA) is 47.8 Å². The van der Waals surface area contributed by atoms with Gasteiger partial charge >= 0.3 is 0 Å². The first-order valence-electron chi connectivity index (χ1n) is 5.98. The van der Waals surface area contributed by atoms with Crippen molar-refractivity contribution in [3.8, 4) is 0 Å². The van der Waals surface area contributed by atoms with Crippen LogP contribution >= 0.6 is 34.7 Å². The van der Waals surface area contributed by atoms with Crippen molar-refractivity contribution in [1.29, 1.82) is 0 Å². The third kappa shape index (κ3) is 2.85. The molecule has 0 aromatic carbocycles. The summed E-state index contributed by atoms with van der Waals surface area (Å²) in [6, 6.07) is 4.05. The van der Waals surface area contributed by atoms with Crippen LogP contribution in [0.15, 0.2) is 17.3 Å².